The fourth-order valence-electron chi connectivity index (χ4n) is 3.08. The highest BCUT2D eigenvalue weighted by Gasteiger charge is 2.24. The zero-order valence-corrected chi connectivity index (χ0v) is 17.1. The normalized spacial score (nSPS) is 15.2. The Labute approximate surface area is 173 Å². The number of aromatic nitrogens is 3. The molecule has 0 bridgehead atoms. The van der Waals surface area contributed by atoms with Crippen molar-refractivity contribution in [3.8, 4) is 22.9 Å². The van der Waals surface area contributed by atoms with E-state index in [1.54, 1.807) is 11.9 Å². The van der Waals surface area contributed by atoms with E-state index in [1.165, 1.54) is 11.8 Å². The van der Waals surface area contributed by atoms with Crippen LogP contribution in [0.25, 0.3) is 11.4 Å². The predicted molar refractivity (Wildman–Crippen MR) is 111 cm³/mol. The van der Waals surface area contributed by atoms with Gasteiger partial charge >= 0.3 is 0 Å². The van der Waals surface area contributed by atoms with Crippen LogP contribution < -0.4 is 9.47 Å². The summed E-state index contributed by atoms with van der Waals surface area (Å²) in [6, 6.07) is 17.4. The summed E-state index contributed by atoms with van der Waals surface area (Å²) in [5.41, 5.74) is 0.993. The largest absolute Gasteiger partial charge is 0.486 e. The summed E-state index contributed by atoms with van der Waals surface area (Å²) < 4.78 is 13.6. The van der Waals surface area contributed by atoms with E-state index in [0.29, 0.717) is 24.1 Å². The number of thioether (sulfide) groups is 1. The Morgan fingerprint density at radius 1 is 1.14 bits per heavy atom. The molecule has 0 N–H and O–H groups in total. The molecule has 0 spiro atoms. The Hall–Kier alpha value is -3.00. The smallest absolute Gasteiger partial charge is 0.232 e. The third-order valence-electron chi connectivity index (χ3n) is 4.66. The molecule has 0 unspecified atom stereocenters. The fourth-order valence-corrected chi connectivity index (χ4v) is 3.93. The van der Waals surface area contributed by atoms with Gasteiger partial charge in [-0.2, -0.15) is 0 Å². The molecule has 8 heteroatoms. The summed E-state index contributed by atoms with van der Waals surface area (Å²) in [6.07, 6.45) is -0.191. The van der Waals surface area contributed by atoms with E-state index >= 15 is 0 Å². The second-order valence-electron chi connectivity index (χ2n) is 6.79. The number of rotatable bonds is 6. The zero-order chi connectivity index (χ0) is 20.2. The summed E-state index contributed by atoms with van der Waals surface area (Å²) >= 11 is 1.38. The van der Waals surface area contributed by atoms with Crippen molar-refractivity contribution in [3.05, 3.63) is 54.6 Å². The Morgan fingerprint density at radius 2 is 1.86 bits per heavy atom. The van der Waals surface area contributed by atoms with Crippen LogP contribution in [0, 0.1) is 0 Å². The lowest BCUT2D eigenvalue weighted by Crippen LogP contribution is -2.42. The second kappa shape index (κ2) is 8.57. The molecule has 1 atom stereocenters. The molecule has 29 heavy (non-hydrogen) atoms. The van der Waals surface area contributed by atoms with Gasteiger partial charge in [0.1, 0.15) is 6.61 Å². The van der Waals surface area contributed by atoms with Gasteiger partial charge in [-0.25, -0.2) is 0 Å². The molecule has 1 amide bonds. The molecule has 1 aliphatic rings. The molecular weight excluding hydrogens is 388 g/mol. The average molecular weight is 410 g/mol. The number of likely N-dealkylation sites (N-methyl/N-ethyl adjacent to an activating group) is 1. The Bertz CT molecular complexity index is 993. The van der Waals surface area contributed by atoms with Crippen LogP contribution in [0.4, 0.5) is 0 Å². The highest BCUT2D eigenvalue weighted by atomic mass is 32.2. The fraction of sp³-hybridized carbons (Fsp3) is 0.286. The minimum Gasteiger partial charge on any atom is -0.486 e. The van der Waals surface area contributed by atoms with Gasteiger partial charge in [-0.15, -0.1) is 10.2 Å². The number of hydrogen-bond donors (Lipinski definition) is 0. The number of ether oxygens (including phenoxy) is 2. The maximum absolute atomic E-state index is 12.6. The number of carbonyl (C=O) groups is 1. The molecule has 0 radical (unpaired) electrons. The van der Waals surface area contributed by atoms with Gasteiger partial charge in [-0.3, -0.25) is 4.79 Å². The van der Waals surface area contributed by atoms with Crippen molar-refractivity contribution in [1.82, 2.24) is 19.7 Å². The van der Waals surface area contributed by atoms with E-state index in [0.717, 1.165) is 17.1 Å². The Balaban J connectivity index is 1.32. The van der Waals surface area contributed by atoms with Crippen molar-refractivity contribution < 1.29 is 14.3 Å². The lowest BCUT2D eigenvalue weighted by atomic mass is 10.2. The van der Waals surface area contributed by atoms with Crippen LogP contribution in [0.3, 0.4) is 0 Å². The monoisotopic (exact) mass is 410 g/mol. The summed E-state index contributed by atoms with van der Waals surface area (Å²) in [5, 5.41) is 9.18. The van der Waals surface area contributed by atoms with Crippen LogP contribution in [0.1, 0.15) is 0 Å². The predicted octanol–water partition coefficient (Wildman–Crippen LogP) is 2.87. The summed E-state index contributed by atoms with van der Waals surface area (Å²) in [4.78, 5) is 14.2. The molecule has 1 aromatic heterocycles. The Kier molecular flexibility index (Phi) is 5.71. The van der Waals surface area contributed by atoms with E-state index in [2.05, 4.69) is 10.2 Å². The van der Waals surface area contributed by atoms with Crippen LogP contribution in [0.5, 0.6) is 11.5 Å². The Morgan fingerprint density at radius 3 is 2.66 bits per heavy atom. The molecule has 3 aromatic rings. The van der Waals surface area contributed by atoms with Crippen molar-refractivity contribution in [2.75, 3.05) is 26.0 Å². The minimum absolute atomic E-state index is 0.00159. The number of hydrogen-bond acceptors (Lipinski definition) is 6. The molecular formula is C21H22N4O3S. The van der Waals surface area contributed by atoms with Crippen LogP contribution in [-0.2, 0) is 11.8 Å². The van der Waals surface area contributed by atoms with E-state index in [4.69, 9.17) is 9.47 Å². The lowest BCUT2D eigenvalue weighted by Gasteiger charge is -2.29. The van der Waals surface area contributed by atoms with Crippen LogP contribution in [0.15, 0.2) is 59.8 Å². The molecule has 0 saturated heterocycles. The third-order valence-corrected chi connectivity index (χ3v) is 5.67. The zero-order valence-electron chi connectivity index (χ0n) is 16.3. The van der Waals surface area contributed by atoms with Crippen LogP contribution in [-0.4, -0.2) is 57.6 Å². The summed E-state index contributed by atoms with van der Waals surface area (Å²) in [7, 11) is 3.68. The molecule has 1 aliphatic heterocycles. The summed E-state index contributed by atoms with van der Waals surface area (Å²) in [5.74, 6) is 2.51. The molecule has 150 valence electrons. The number of benzene rings is 2. The number of nitrogens with zero attached hydrogens (tertiary/aromatic N) is 4. The highest BCUT2D eigenvalue weighted by Crippen LogP contribution is 2.31. The van der Waals surface area contributed by atoms with Gasteiger partial charge in [-0.1, -0.05) is 54.2 Å². The summed E-state index contributed by atoms with van der Waals surface area (Å²) in [6.45, 7) is 0.882. The first-order valence-corrected chi connectivity index (χ1v) is 10.3. The first-order valence-electron chi connectivity index (χ1n) is 9.32. The second-order valence-corrected chi connectivity index (χ2v) is 7.73. The van der Waals surface area contributed by atoms with E-state index in [1.807, 2.05) is 66.2 Å². The third kappa shape index (κ3) is 4.37. The van der Waals surface area contributed by atoms with Crippen LogP contribution >= 0.6 is 11.8 Å². The highest BCUT2D eigenvalue weighted by molar-refractivity contribution is 7.99. The van der Waals surface area contributed by atoms with E-state index < -0.39 is 0 Å². The van der Waals surface area contributed by atoms with Gasteiger partial charge in [0, 0.05) is 19.7 Å². The van der Waals surface area contributed by atoms with Crippen molar-refractivity contribution >= 4 is 17.7 Å². The van der Waals surface area contributed by atoms with Gasteiger partial charge in [0.2, 0.25) is 5.91 Å². The van der Waals surface area contributed by atoms with Crippen molar-refractivity contribution in [3.63, 3.8) is 0 Å². The topological polar surface area (TPSA) is 69.5 Å². The first kappa shape index (κ1) is 19.3. The number of amides is 1. The SMILES string of the molecule is CN(C[C@@H]1COc2ccccc2O1)C(=O)CSc1nnc(-c2ccccc2)n1C. The van der Waals surface area contributed by atoms with E-state index in [9.17, 15) is 4.79 Å². The number of carbonyl (C=O) groups excluding carboxylic acids is 1. The number of fused-ring (bicyclic) bond motifs is 1. The van der Waals surface area contributed by atoms with Gasteiger partial charge < -0.3 is 18.9 Å². The van der Waals surface area contributed by atoms with Crippen molar-refractivity contribution in [2.24, 2.45) is 7.05 Å². The van der Waals surface area contributed by atoms with Gasteiger partial charge in [-0.05, 0) is 12.1 Å². The molecule has 7 nitrogen and oxygen atoms in total. The molecule has 2 aromatic carbocycles. The first-order chi connectivity index (χ1) is 14.1. The molecule has 0 fully saturated rings. The maximum atomic E-state index is 12.6. The maximum Gasteiger partial charge on any atom is 0.232 e. The number of para-hydroxylation sites is 2. The van der Waals surface area contributed by atoms with Crippen molar-refractivity contribution in [2.45, 2.75) is 11.3 Å². The van der Waals surface area contributed by atoms with Gasteiger partial charge in [0.25, 0.3) is 0 Å². The molecule has 2 heterocycles. The molecule has 4 rings (SSSR count). The lowest BCUT2D eigenvalue weighted by molar-refractivity contribution is -0.128. The van der Waals surface area contributed by atoms with E-state index in [-0.39, 0.29) is 17.8 Å². The van der Waals surface area contributed by atoms with Gasteiger partial charge in [0.15, 0.2) is 28.6 Å². The quantitative estimate of drug-likeness (QED) is 0.582. The standard InChI is InChI=1S/C21H22N4O3S/c1-24(12-16-13-27-17-10-6-7-11-18(17)28-16)19(26)14-29-21-23-22-20(25(21)2)15-8-4-3-5-9-15/h3-11,16H,12-14H2,1-2H3/t16-/m1/s1. The molecule has 0 aliphatic carbocycles. The van der Waals surface area contributed by atoms with Gasteiger partial charge in [0.05, 0.1) is 12.3 Å². The average Bonchev–Trinajstić information content (AvgIpc) is 3.12. The van der Waals surface area contributed by atoms with Crippen molar-refractivity contribution in [1.29, 1.82) is 0 Å². The van der Waals surface area contributed by atoms with Crippen LogP contribution in [0.2, 0.25) is 0 Å². The molecule has 0 saturated carbocycles. The minimum atomic E-state index is -0.191.